The van der Waals surface area contributed by atoms with Crippen LogP contribution in [0, 0.1) is 0 Å². The molecule has 5 nitrogen and oxygen atoms in total. The minimum atomic E-state index is -0.0836. The molecule has 0 aromatic carbocycles. The van der Waals surface area contributed by atoms with E-state index in [4.69, 9.17) is 4.42 Å². The second-order valence-corrected chi connectivity index (χ2v) is 5.54. The molecular weight excluding hydrogens is 274 g/mol. The van der Waals surface area contributed by atoms with Crippen LogP contribution in [0.3, 0.4) is 0 Å². The highest BCUT2D eigenvalue weighted by Gasteiger charge is 2.13. The molecule has 0 spiro atoms. The molecule has 2 aromatic rings. The van der Waals surface area contributed by atoms with Crippen LogP contribution in [-0.4, -0.2) is 30.5 Å². The smallest absolute Gasteiger partial charge is 0.263 e. The summed E-state index contributed by atoms with van der Waals surface area (Å²) in [5.74, 6) is 0.606. The SMILES string of the molecule is O=C(NCC1=CCNCC1)c1cnc(-c2ccco2)s1. The number of nitrogens with one attached hydrogen (secondary N) is 2. The molecule has 1 aliphatic rings. The zero-order chi connectivity index (χ0) is 13.8. The van der Waals surface area contributed by atoms with Crippen LogP contribution in [0.1, 0.15) is 16.1 Å². The van der Waals surface area contributed by atoms with Crippen LogP contribution in [0.4, 0.5) is 0 Å². The van der Waals surface area contributed by atoms with E-state index in [1.165, 1.54) is 16.9 Å². The molecule has 0 bridgehead atoms. The van der Waals surface area contributed by atoms with Crippen molar-refractivity contribution in [1.29, 1.82) is 0 Å². The molecule has 0 saturated carbocycles. The molecule has 0 saturated heterocycles. The van der Waals surface area contributed by atoms with Crippen LogP contribution in [-0.2, 0) is 0 Å². The molecule has 0 unspecified atom stereocenters. The van der Waals surface area contributed by atoms with E-state index in [-0.39, 0.29) is 5.91 Å². The Morgan fingerprint density at radius 3 is 3.25 bits per heavy atom. The van der Waals surface area contributed by atoms with Crippen LogP contribution < -0.4 is 10.6 Å². The van der Waals surface area contributed by atoms with Gasteiger partial charge in [-0.3, -0.25) is 4.79 Å². The molecule has 0 fully saturated rings. The zero-order valence-corrected chi connectivity index (χ0v) is 11.7. The third kappa shape index (κ3) is 2.97. The van der Waals surface area contributed by atoms with E-state index >= 15 is 0 Å². The van der Waals surface area contributed by atoms with Crippen molar-refractivity contribution < 1.29 is 9.21 Å². The lowest BCUT2D eigenvalue weighted by Crippen LogP contribution is -2.29. The first-order valence-electron chi connectivity index (χ1n) is 6.49. The van der Waals surface area contributed by atoms with Crippen molar-refractivity contribution in [2.24, 2.45) is 0 Å². The highest BCUT2D eigenvalue weighted by Crippen LogP contribution is 2.25. The Morgan fingerprint density at radius 1 is 1.55 bits per heavy atom. The van der Waals surface area contributed by atoms with Gasteiger partial charge in [0.15, 0.2) is 10.8 Å². The number of carbonyl (C=O) groups excluding carboxylic acids is 1. The second kappa shape index (κ2) is 6.02. The molecule has 0 atom stereocenters. The van der Waals surface area contributed by atoms with Gasteiger partial charge >= 0.3 is 0 Å². The summed E-state index contributed by atoms with van der Waals surface area (Å²) < 4.78 is 5.27. The molecule has 1 amide bonds. The highest BCUT2D eigenvalue weighted by atomic mass is 32.1. The van der Waals surface area contributed by atoms with Crippen LogP contribution in [0.25, 0.3) is 10.8 Å². The average Bonchev–Trinajstić information content (AvgIpc) is 3.16. The van der Waals surface area contributed by atoms with Crippen molar-refractivity contribution in [3.63, 3.8) is 0 Å². The summed E-state index contributed by atoms with van der Waals surface area (Å²) in [4.78, 5) is 16.9. The molecule has 6 heteroatoms. The highest BCUT2D eigenvalue weighted by molar-refractivity contribution is 7.16. The Balaban J connectivity index is 1.61. The fourth-order valence-corrected chi connectivity index (χ4v) is 2.81. The van der Waals surface area contributed by atoms with E-state index in [1.807, 2.05) is 6.07 Å². The summed E-state index contributed by atoms with van der Waals surface area (Å²) in [5, 5.41) is 6.90. The predicted molar refractivity (Wildman–Crippen MR) is 77.7 cm³/mol. The summed E-state index contributed by atoms with van der Waals surface area (Å²) in [6.45, 7) is 2.47. The van der Waals surface area contributed by atoms with Crippen molar-refractivity contribution in [1.82, 2.24) is 15.6 Å². The molecule has 20 heavy (non-hydrogen) atoms. The van der Waals surface area contributed by atoms with Crippen LogP contribution in [0.15, 0.2) is 40.7 Å². The number of rotatable bonds is 4. The van der Waals surface area contributed by atoms with E-state index in [0.717, 1.165) is 24.5 Å². The van der Waals surface area contributed by atoms with E-state index in [9.17, 15) is 4.79 Å². The lowest BCUT2D eigenvalue weighted by Gasteiger charge is -2.14. The third-order valence-corrected chi connectivity index (χ3v) is 4.11. The fourth-order valence-electron chi connectivity index (χ4n) is 2.00. The molecule has 0 radical (unpaired) electrons. The number of nitrogens with zero attached hydrogens (tertiary/aromatic N) is 1. The van der Waals surface area contributed by atoms with Gasteiger partial charge in [-0.25, -0.2) is 4.98 Å². The number of amides is 1. The number of hydrogen-bond donors (Lipinski definition) is 2. The number of furan rings is 1. The maximum atomic E-state index is 12.1. The topological polar surface area (TPSA) is 67.2 Å². The van der Waals surface area contributed by atoms with E-state index in [2.05, 4.69) is 21.7 Å². The standard InChI is InChI=1S/C14H15N3O2S/c18-13(16-8-10-3-5-15-6-4-10)12-9-17-14(20-12)11-2-1-7-19-11/h1-3,7,9,15H,4-6,8H2,(H,16,18). The lowest BCUT2D eigenvalue weighted by atomic mass is 10.1. The molecule has 0 aliphatic carbocycles. The normalized spacial score (nSPS) is 14.9. The van der Waals surface area contributed by atoms with Crippen LogP contribution in [0.5, 0.6) is 0 Å². The van der Waals surface area contributed by atoms with Gasteiger partial charge in [0.25, 0.3) is 5.91 Å². The summed E-state index contributed by atoms with van der Waals surface area (Å²) in [6.07, 6.45) is 6.31. The van der Waals surface area contributed by atoms with Crippen molar-refractivity contribution in [3.05, 3.63) is 41.1 Å². The molecule has 2 N–H and O–H groups in total. The van der Waals surface area contributed by atoms with Crippen molar-refractivity contribution in [2.75, 3.05) is 19.6 Å². The quantitative estimate of drug-likeness (QED) is 0.845. The van der Waals surface area contributed by atoms with Crippen LogP contribution >= 0.6 is 11.3 Å². The summed E-state index contributed by atoms with van der Waals surface area (Å²) in [7, 11) is 0. The Bertz CT molecular complexity index is 616. The molecule has 2 aromatic heterocycles. The van der Waals surface area contributed by atoms with Gasteiger partial charge in [0.2, 0.25) is 0 Å². The first-order chi connectivity index (χ1) is 9.83. The molecule has 104 valence electrons. The molecule has 3 heterocycles. The van der Waals surface area contributed by atoms with Crippen molar-refractivity contribution >= 4 is 17.2 Å². The minimum absolute atomic E-state index is 0.0836. The maximum absolute atomic E-state index is 12.1. The summed E-state index contributed by atoms with van der Waals surface area (Å²) in [5.41, 5.74) is 1.27. The summed E-state index contributed by atoms with van der Waals surface area (Å²) in [6, 6.07) is 3.64. The number of carbonyl (C=O) groups is 1. The van der Waals surface area contributed by atoms with Crippen molar-refractivity contribution in [3.8, 4) is 10.8 Å². The van der Waals surface area contributed by atoms with Crippen LogP contribution in [0.2, 0.25) is 0 Å². The number of thiazole rings is 1. The number of hydrogen-bond acceptors (Lipinski definition) is 5. The van der Waals surface area contributed by atoms with Gasteiger partial charge in [-0.15, -0.1) is 11.3 Å². The van der Waals surface area contributed by atoms with Crippen molar-refractivity contribution in [2.45, 2.75) is 6.42 Å². The molecular formula is C14H15N3O2S. The Kier molecular flexibility index (Phi) is 3.94. The summed E-state index contributed by atoms with van der Waals surface area (Å²) >= 11 is 1.34. The monoisotopic (exact) mass is 289 g/mol. The predicted octanol–water partition coefficient (Wildman–Crippen LogP) is 2.05. The maximum Gasteiger partial charge on any atom is 0.263 e. The number of aromatic nitrogens is 1. The van der Waals surface area contributed by atoms with E-state index in [0.29, 0.717) is 17.2 Å². The minimum Gasteiger partial charge on any atom is -0.462 e. The van der Waals surface area contributed by atoms with Gasteiger partial charge in [-0.2, -0.15) is 0 Å². The lowest BCUT2D eigenvalue weighted by molar-refractivity contribution is 0.0960. The Hall–Kier alpha value is -1.92. The van der Waals surface area contributed by atoms with E-state index < -0.39 is 0 Å². The second-order valence-electron chi connectivity index (χ2n) is 4.51. The third-order valence-electron chi connectivity index (χ3n) is 3.10. The Morgan fingerprint density at radius 2 is 2.50 bits per heavy atom. The molecule has 3 rings (SSSR count). The first kappa shape index (κ1) is 13.1. The van der Waals surface area contributed by atoms with Gasteiger partial charge < -0.3 is 15.1 Å². The van der Waals surface area contributed by atoms with Gasteiger partial charge in [-0.05, 0) is 25.1 Å². The first-order valence-corrected chi connectivity index (χ1v) is 7.31. The molecule has 1 aliphatic heterocycles. The largest absolute Gasteiger partial charge is 0.462 e. The fraction of sp³-hybridized carbons (Fsp3) is 0.286. The Labute approximate surface area is 120 Å². The van der Waals surface area contributed by atoms with Gasteiger partial charge in [0.1, 0.15) is 4.88 Å². The van der Waals surface area contributed by atoms with Gasteiger partial charge in [-0.1, -0.05) is 11.6 Å². The van der Waals surface area contributed by atoms with E-state index in [1.54, 1.807) is 18.5 Å². The zero-order valence-electron chi connectivity index (χ0n) is 10.9. The van der Waals surface area contributed by atoms with Gasteiger partial charge in [0.05, 0.1) is 12.5 Å². The van der Waals surface area contributed by atoms with Gasteiger partial charge in [0, 0.05) is 13.1 Å². The average molecular weight is 289 g/mol.